The Balaban J connectivity index is 5.65. The zero-order chi connectivity index (χ0) is 12.7. The summed E-state index contributed by atoms with van der Waals surface area (Å²) >= 11 is 0. The fourth-order valence-corrected chi connectivity index (χ4v) is 1.10. The van der Waals surface area contributed by atoms with Crippen molar-refractivity contribution in [2.75, 3.05) is 7.05 Å². The van der Waals surface area contributed by atoms with Crippen molar-refractivity contribution in [1.29, 1.82) is 0 Å². The van der Waals surface area contributed by atoms with E-state index in [1.165, 1.54) is 5.32 Å². The van der Waals surface area contributed by atoms with Crippen LogP contribution in [0.1, 0.15) is 13.8 Å². The maximum absolute atomic E-state index is 13.3. The van der Waals surface area contributed by atoms with Gasteiger partial charge in [-0.1, -0.05) is 0 Å². The lowest BCUT2D eigenvalue weighted by Gasteiger charge is -2.40. The van der Waals surface area contributed by atoms with Crippen LogP contribution in [-0.4, -0.2) is 30.6 Å². The molecule has 1 nitrogen and oxygen atoms in total. The zero-order valence-electron chi connectivity index (χ0n) is 8.15. The third-order valence-electron chi connectivity index (χ3n) is 2.11. The summed E-state index contributed by atoms with van der Waals surface area (Å²) in [4.78, 5) is 0. The molecule has 0 aromatic heterocycles. The molecule has 1 N–H and O–H groups in total. The molecule has 0 fully saturated rings. The molecular formula is C7H10F7N. The lowest BCUT2D eigenvalue weighted by Crippen LogP contribution is -2.69. The summed E-state index contributed by atoms with van der Waals surface area (Å²) in [6.45, 7) is -0.256. The van der Waals surface area contributed by atoms with Crippen LogP contribution in [0, 0.1) is 0 Å². The Labute approximate surface area is 81.6 Å². The molecule has 0 radical (unpaired) electrons. The molecule has 0 heterocycles. The van der Waals surface area contributed by atoms with Gasteiger partial charge in [-0.05, 0) is 14.0 Å². The van der Waals surface area contributed by atoms with E-state index in [0.717, 1.165) is 0 Å². The highest BCUT2D eigenvalue weighted by atomic mass is 19.4. The van der Waals surface area contributed by atoms with Crippen LogP contribution < -0.4 is 5.32 Å². The molecule has 0 amide bonds. The summed E-state index contributed by atoms with van der Waals surface area (Å²) in [7, 11) is 0.617. The smallest absolute Gasteiger partial charge is 0.285 e. The van der Waals surface area contributed by atoms with Crippen LogP contribution in [0.25, 0.3) is 0 Å². The van der Waals surface area contributed by atoms with Crippen LogP contribution in [0.5, 0.6) is 0 Å². The predicted octanol–water partition coefficient (Wildman–Crippen LogP) is 2.82. The van der Waals surface area contributed by atoms with Gasteiger partial charge in [-0.2, -0.15) is 13.2 Å². The van der Waals surface area contributed by atoms with Crippen LogP contribution in [-0.2, 0) is 0 Å². The summed E-state index contributed by atoms with van der Waals surface area (Å²) in [6.07, 6.45) is -6.03. The first-order valence-electron chi connectivity index (χ1n) is 3.82. The van der Waals surface area contributed by atoms with Crippen LogP contribution in [0.15, 0.2) is 0 Å². The van der Waals surface area contributed by atoms with Crippen molar-refractivity contribution < 1.29 is 30.7 Å². The fourth-order valence-electron chi connectivity index (χ4n) is 1.10. The van der Waals surface area contributed by atoms with Gasteiger partial charge in [-0.25, -0.2) is 17.6 Å². The second-order valence-corrected chi connectivity index (χ2v) is 3.30. The van der Waals surface area contributed by atoms with E-state index in [9.17, 15) is 30.7 Å². The monoisotopic (exact) mass is 241 g/mol. The largest absolute Gasteiger partial charge is 0.433 e. The third-order valence-corrected chi connectivity index (χ3v) is 2.11. The van der Waals surface area contributed by atoms with E-state index in [-0.39, 0.29) is 13.8 Å². The number of hydrogen-bond donors (Lipinski definition) is 1. The van der Waals surface area contributed by atoms with E-state index in [1.54, 1.807) is 0 Å². The van der Waals surface area contributed by atoms with Crippen LogP contribution in [0.3, 0.4) is 0 Å². The molecule has 0 rings (SSSR count). The van der Waals surface area contributed by atoms with Crippen molar-refractivity contribution in [2.24, 2.45) is 0 Å². The van der Waals surface area contributed by atoms with Gasteiger partial charge >= 0.3 is 11.8 Å². The molecule has 0 aliphatic heterocycles. The van der Waals surface area contributed by atoms with E-state index in [1.807, 2.05) is 0 Å². The molecule has 0 bridgehead atoms. The van der Waals surface area contributed by atoms with E-state index >= 15 is 0 Å². The second-order valence-electron chi connectivity index (χ2n) is 3.30. The first-order valence-corrected chi connectivity index (χ1v) is 3.82. The SMILES string of the molecule is CNC(C)(F)C(F)(C(C)(F)F)C(F)(F)F. The predicted molar refractivity (Wildman–Crippen MR) is 39.1 cm³/mol. The minimum Gasteiger partial charge on any atom is -0.285 e. The molecular weight excluding hydrogens is 231 g/mol. The number of hydrogen-bond acceptors (Lipinski definition) is 1. The second kappa shape index (κ2) is 3.50. The highest BCUT2D eigenvalue weighted by Crippen LogP contribution is 2.51. The van der Waals surface area contributed by atoms with Gasteiger partial charge < -0.3 is 0 Å². The lowest BCUT2D eigenvalue weighted by atomic mass is 9.88. The van der Waals surface area contributed by atoms with Gasteiger partial charge in [0.25, 0.3) is 5.92 Å². The van der Waals surface area contributed by atoms with Gasteiger partial charge in [0, 0.05) is 6.92 Å². The van der Waals surface area contributed by atoms with Gasteiger partial charge in [0.05, 0.1) is 0 Å². The van der Waals surface area contributed by atoms with Gasteiger partial charge in [0.1, 0.15) is 0 Å². The van der Waals surface area contributed by atoms with Crippen LogP contribution >= 0.6 is 0 Å². The first-order chi connectivity index (χ1) is 6.31. The number of rotatable bonds is 3. The van der Waals surface area contributed by atoms with Gasteiger partial charge in [0.15, 0.2) is 0 Å². The summed E-state index contributed by atoms with van der Waals surface area (Å²) in [5, 5.41) is 1.25. The van der Waals surface area contributed by atoms with Gasteiger partial charge in [-0.3, -0.25) is 5.32 Å². The molecule has 0 aromatic carbocycles. The van der Waals surface area contributed by atoms with E-state index < -0.39 is 23.6 Å². The zero-order valence-corrected chi connectivity index (χ0v) is 8.15. The highest BCUT2D eigenvalue weighted by molar-refractivity contribution is 5.08. The summed E-state index contributed by atoms with van der Waals surface area (Å²) in [6, 6.07) is 0. The molecule has 2 atom stereocenters. The first kappa shape index (κ1) is 14.5. The molecule has 0 aliphatic carbocycles. The Kier molecular flexibility index (Phi) is 3.37. The Morgan fingerprint density at radius 1 is 0.800 bits per heavy atom. The minimum absolute atomic E-state index is 0.0674. The number of alkyl halides is 7. The molecule has 0 spiro atoms. The summed E-state index contributed by atoms with van der Waals surface area (Å²) in [5.74, 6) is -8.83. The van der Waals surface area contributed by atoms with E-state index in [2.05, 4.69) is 0 Å². The Bertz CT molecular complexity index is 212. The van der Waals surface area contributed by atoms with Crippen LogP contribution in [0.2, 0.25) is 0 Å². The molecule has 8 heteroatoms. The summed E-state index contributed by atoms with van der Waals surface area (Å²) < 4.78 is 88.0. The van der Waals surface area contributed by atoms with Crippen molar-refractivity contribution >= 4 is 0 Å². The standard InChI is InChI=1S/C7H10F7N/c1-4(8,9)6(11,7(12,13)14)5(2,10)15-3/h15H,1-3H3. The number of halogens is 7. The van der Waals surface area contributed by atoms with Crippen molar-refractivity contribution in [2.45, 2.75) is 37.4 Å². The molecule has 0 saturated carbocycles. The van der Waals surface area contributed by atoms with Crippen LogP contribution in [0.4, 0.5) is 30.7 Å². The quantitative estimate of drug-likeness (QED) is 0.591. The topological polar surface area (TPSA) is 12.0 Å². The Hall–Kier alpha value is -0.530. The fraction of sp³-hybridized carbons (Fsp3) is 1.00. The van der Waals surface area contributed by atoms with Gasteiger partial charge in [-0.15, -0.1) is 0 Å². The maximum Gasteiger partial charge on any atom is 0.433 e. The molecule has 2 unspecified atom stereocenters. The van der Waals surface area contributed by atoms with Crippen molar-refractivity contribution in [3.63, 3.8) is 0 Å². The Morgan fingerprint density at radius 3 is 1.20 bits per heavy atom. The number of nitrogens with one attached hydrogen (secondary N) is 1. The average molecular weight is 241 g/mol. The normalized spacial score (nSPS) is 22.0. The minimum atomic E-state index is -6.03. The average Bonchev–Trinajstić information content (AvgIpc) is 1.98. The molecule has 15 heavy (non-hydrogen) atoms. The van der Waals surface area contributed by atoms with Crippen molar-refractivity contribution in [3.05, 3.63) is 0 Å². The molecule has 0 aromatic rings. The van der Waals surface area contributed by atoms with Crippen molar-refractivity contribution in [1.82, 2.24) is 5.32 Å². The molecule has 92 valence electrons. The molecule has 0 saturated heterocycles. The summed E-state index contributed by atoms with van der Waals surface area (Å²) in [5.41, 5.74) is -5.29. The highest BCUT2D eigenvalue weighted by Gasteiger charge is 2.78. The Morgan fingerprint density at radius 2 is 1.13 bits per heavy atom. The van der Waals surface area contributed by atoms with E-state index in [0.29, 0.717) is 7.05 Å². The van der Waals surface area contributed by atoms with Gasteiger partial charge in [0.2, 0.25) is 5.79 Å². The molecule has 0 aliphatic rings. The third kappa shape index (κ3) is 2.04. The maximum atomic E-state index is 13.3. The van der Waals surface area contributed by atoms with Crippen molar-refractivity contribution in [3.8, 4) is 0 Å². The lowest BCUT2D eigenvalue weighted by molar-refractivity contribution is -0.339. The van der Waals surface area contributed by atoms with E-state index in [4.69, 9.17) is 0 Å².